The summed E-state index contributed by atoms with van der Waals surface area (Å²) in [5.74, 6) is 1.80. The summed E-state index contributed by atoms with van der Waals surface area (Å²) < 4.78 is 16.1. The highest BCUT2D eigenvalue weighted by atomic mass is 16.5. The molecule has 140 valence electrons. The van der Waals surface area contributed by atoms with Crippen molar-refractivity contribution in [1.82, 2.24) is 5.32 Å². The molecule has 1 amide bonds. The van der Waals surface area contributed by atoms with Gasteiger partial charge in [0.15, 0.2) is 0 Å². The predicted molar refractivity (Wildman–Crippen MR) is 102 cm³/mol. The van der Waals surface area contributed by atoms with Crippen LogP contribution in [0.3, 0.4) is 0 Å². The second kappa shape index (κ2) is 10.5. The second-order valence-electron chi connectivity index (χ2n) is 6.20. The Morgan fingerprint density at radius 3 is 2.38 bits per heavy atom. The summed E-state index contributed by atoms with van der Waals surface area (Å²) >= 11 is 0. The fourth-order valence-corrected chi connectivity index (χ4v) is 2.35. The van der Waals surface area contributed by atoms with Crippen LogP contribution in [0.25, 0.3) is 0 Å². The Labute approximate surface area is 155 Å². The maximum atomic E-state index is 12.2. The number of hydrogen-bond acceptors (Lipinski definition) is 4. The zero-order valence-corrected chi connectivity index (χ0v) is 15.7. The van der Waals surface area contributed by atoms with Gasteiger partial charge in [-0.05, 0) is 41.8 Å². The first-order valence-corrected chi connectivity index (χ1v) is 8.83. The second-order valence-corrected chi connectivity index (χ2v) is 6.20. The molecule has 0 aliphatic heterocycles. The van der Waals surface area contributed by atoms with Gasteiger partial charge in [-0.3, -0.25) is 4.79 Å². The molecule has 0 saturated heterocycles. The van der Waals surface area contributed by atoms with Gasteiger partial charge in [0.05, 0.1) is 13.2 Å². The zero-order valence-electron chi connectivity index (χ0n) is 15.7. The van der Waals surface area contributed by atoms with E-state index >= 15 is 0 Å². The highest BCUT2D eigenvalue weighted by Crippen LogP contribution is 2.18. The molecule has 0 radical (unpaired) electrons. The number of hydrogen-bond donors (Lipinski definition) is 1. The van der Waals surface area contributed by atoms with Crippen LogP contribution >= 0.6 is 0 Å². The first kappa shape index (κ1) is 19.8. The summed E-state index contributed by atoms with van der Waals surface area (Å²) in [5, 5.41) is 2.85. The first-order valence-electron chi connectivity index (χ1n) is 8.83. The summed E-state index contributed by atoms with van der Waals surface area (Å²) in [6.07, 6.45) is 0. The van der Waals surface area contributed by atoms with E-state index in [1.807, 2.05) is 18.2 Å². The van der Waals surface area contributed by atoms with Gasteiger partial charge >= 0.3 is 0 Å². The van der Waals surface area contributed by atoms with E-state index in [9.17, 15) is 4.79 Å². The topological polar surface area (TPSA) is 56.8 Å². The molecule has 0 aliphatic carbocycles. The molecule has 0 bridgehead atoms. The highest BCUT2D eigenvalue weighted by molar-refractivity contribution is 5.94. The van der Waals surface area contributed by atoms with E-state index < -0.39 is 0 Å². The Hall–Kier alpha value is -2.53. The van der Waals surface area contributed by atoms with Gasteiger partial charge in [0, 0.05) is 12.7 Å². The number of methoxy groups -OCH3 is 1. The Morgan fingerprint density at radius 1 is 0.962 bits per heavy atom. The van der Waals surface area contributed by atoms with Crippen LogP contribution in [-0.4, -0.2) is 39.4 Å². The van der Waals surface area contributed by atoms with Crippen molar-refractivity contribution >= 4 is 5.91 Å². The SMILES string of the molecule is COCCOc1cccc(C(=O)NCCOc2ccc(C(C)C)cc2)c1. The molecule has 0 spiro atoms. The molecule has 2 aromatic carbocycles. The van der Waals surface area contributed by atoms with Crippen LogP contribution in [-0.2, 0) is 4.74 Å². The zero-order chi connectivity index (χ0) is 18.8. The lowest BCUT2D eigenvalue weighted by atomic mass is 10.0. The molecule has 0 atom stereocenters. The molecule has 2 rings (SSSR count). The van der Waals surface area contributed by atoms with Gasteiger partial charge in [0.2, 0.25) is 0 Å². The molecular formula is C21H27NO4. The third-order valence-corrected chi connectivity index (χ3v) is 3.86. The van der Waals surface area contributed by atoms with Crippen LogP contribution in [0, 0.1) is 0 Å². The monoisotopic (exact) mass is 357 g/mol. The molecule has 2 aromatic rings. The Bertz CT molecular complexity index is 683. The average Bonchev–Trinajstić information content (AvgIpc) is 2.66. The predicted octanol–water partition coefficient (Wildman–Crippen LogP) is 3.64. The molecule has 0 fully saturated rings. The number of rotatable bonds is 10. The number of ether oxygens (including phenoxy) is 3. The lowest BCUT2D eigenvalue weighted by molar-refractivity contribution is 0.0946. The van der Waals surface area contributed by atoms with E-state index in [0.29, 0.717) is 43.6 Å². The number of amides is 1. The fourth-order valence-electron chi connectivity index (χ4n) is 2.35. The summed E-state index contributed by atoms with van der Waals surface area (Å²) in [6.45, 7) is 6.11. The molecule has 26 heavy (non-hydrogen) atoms. The van der Waals surface area contributed by atoms with Crippen LogP contribution in [0.5, 0.6) is 11.5 Å². The molecule has 0 aromatic heterocycles. The van der Waals surface area contributed by atoms with Gasteiger partial charge in [-0.15, -0.1) is 0 Å². The van der Waals surface area contributed by atoms with Crippen molar-refractivity contribution in [3.8, 4) is 11.5 Å². The Morgan fingerprint density at radius 2 is 1.69 bits per heavy atom. The van der Waals surface area contributed by atoms with E-state index in [4.69, 9.17) is 14.2 Å². The van der Waals surface area contributed by atoms with E-state index in [1.165, 1.54) is 5.56 Å². The average molecular weight is 357 g/mol. The Kier molecular flexibility index (Phi) is 7.96. The number of nitrogens with one attached hydrogen (secondary N) is 1. The van der Waals surface area contributed by atoms with E-state index in [0.717, 1.165) is 5.75 Å². The maximum Gasteiger partial charge on any atom is 0.251 e. The maximum absolute atomic E-state index is 12.2. The molecule has 5 heteroatoms. The van der Waals surface area contributed by atoms with Crippen molar-refractivity contribution in [3.05, 3.63) is 59.7 Å². The van der Waals surface area contributed by atoms with Gasteiger partial charge in [-0.25, -0.2) is 0 Å². The van der Waals surface area contributed by atoms with Gasteiger partial charge in [0.25, 0.3) is 5.91 Å². The third kappa shape index (κ3) is 6.41. The molecule has 0 saturated carbocycles. The minimum Gasteiger partial charge on any atom is -0.492 e. The standard InChI is InChI=1S/C21H27NO4/c1-16(2)17-7-9-19(10-8-17)25-12-11-22-21(23)18-5-4-6-20(15-18)26-14-13-24-3/h4-10,15-16H,11-14H2,1-3H3,(H,22,23). The van der Waals surface area contributed by atoms with Crippen molar-refractivity contribution in [2.24, 2.45) is 0 Å². The van der Waals surface area contributed by atoms with Crippen LogP contribution < -0.4 is 14.8 Å². The van der Waals surface area contributed by atoms with Crippen LogP contribution in [0.2, 0.25) is 0 Å². The van der Waals surface area contributed by atoms with E-state index in [2.05, 4.69) is 31.3 Å². The summed E-state index contributed by atoms with van der Waals surface area (Å²) in [7, 11) is 1.62. The molecule has 1 N–H and O–H groups in total. The summed E-state index contributed by atoms with van der Waals surface area (Å²) in [5.41, 5.74) is 1.83. The fraction of sp³-hybridized carbons (Fsp3) is 0.381. The quantitative estimate of drug-likeness (QED) is 0.660. The summed E-state index contributed by atoms with van der Waals surface area (Å²) in [6, 6.07) is 15.1. The normalized spacial score (nSPS) is 10.6. The van der Waals surface area contributed by atoms with E-state index in [-0.39, 0.29) is 5.91 Å². The van der Waals surface area contributed by atoms with E-state index in [1.54, 1.807) is 25.3 Å². The minimum atomic E-state index is -0.152. The van der Waals surface area contributed by atoms with Gasteiger partial charge in [-0.2, -0.15) is 0 Å². The molecule has 5 nitrogen and oxygen atoms in total. The molecule has 0 heterocycles. The first-order chi connectivity index (χ1) is 12.6. The largest absolute Gasteiger partial charge is 0.492 e. The Balaban J connectivity index is 1.75. The third-order valence-electron chi connectivity index (χ3n) is 3.86. The van der Waals surface area contributed by atoms with Crippen molar-refractivity contribution in [2.45, 2.75) is 19.8 Å². The minimum absolute atomic E-state index is 0.152. The molecule has 0 aliphatic rings. The highest BCUT2D eigenvalue weighted by Gasteiger charge is 2.06. The van der Waals surface area contributed by atoms with Crippen molar-refractivity contribution in [3.63, 3.8) is 0 Å². The molecule has 0 unspecified atom stereocenters. The summed E-state index contributed by atoms with van der Waals surface area (Å²) in [4.78, 5) is 12.2. The van der Waals surface area contributed by atoms with Crippen LogP contribution in [0.1, 0.15) is 35.7 Å². The van der Waals surface area contributed by atoms with Crippen molar-refractivity contribution in [1.29, 1.82) is 0 Å². The lowest BCUT2D eigenvalue weighted by Gasteiger charge is -2.10. The lowest BCUT2D eigenvalue weighted by Crippen LogP contribution is -2.28. The number of carbonyl (C=O) groups is 1. The number of carbonyl (C=O) groups excluding carboxylic acids is 1. The molecular weight excluding hydrogens is 330 g/mol. The van der Waals surface area contributed by atoms with Crippen molar-refractivity contribution < 1.29 is 19.0 Å². The van der Waals surface area contributed by atoms with Crippen molar-refractivity contribution in [2.75, 3.05) is 33.5 Å². The van der Waals surface area contributed by atoms with Crippen LogP contribution in [0.4, 0.5) is 0 Å². The van der Waals surface area contributed by atoms with Gasteiger partial charge in [-0.1, -0.05) is 32.0 Å². The van der Waals surface area contributed by atoms with Crippen LogP contribution in [0.15, 0.2) is 48.5 Å². The van der Waals surface area contributed by atoms with Gasteiger partial charge < -0.3 is 19.5 Å². The van der Waals surface area contributed by atoms with Gasteiger partial charge in [0.1, 0.15) is 24.7 Å². The number of benzene rings is 2. The smallest absolute Gasteiger partial charge is 0.251 e.